The van der Waals surface area contributed by atoms with Crippen molar-refractivity contribution in [2.75, 3.05) is 18.5 Å². The molecule has 2 aromatic rings. The normalized spacial score (nSPS) is 14.9. The van der Waals surface area contributed by atoms with Gasteiger partial charge in [0.2, 0.25) is 5.91 Å². The Bertz CT molecular complexity index is 1070. The first kappa shape index (κ1) is 23.0. The number of anilines is 1. The minimum atomic E-state index is -0.483. The molecule has 162 valence electrons. The second-order valence-corrected chi connectivity index (χ2v) is 9.01. The largest absolute Gasteiger partial charge is 0.462 e. The van der Waals surface area contributed by atoms with Gasteiger partial charge in [-0.1, -0.05) is 47.4 Å². The summed E-state index contributed by atoms with van der Waals surface area (Å²) in [6, 6.07) is 5.75. The average Bonchev–Trinajstić information content (AvgIpc) is 3.21. The zero-order valence-corrected chi connectivity index (χ0v) is 19.1. The number of carbonyl (C=O) groups excluding carboxylic acids is 3. The lowest BCUT2D eigenvalue weighted by atomic mass is 10.2. The van der Waals surface area contributed by atoms with Crippen LogP contribution < -0.4 is 5.32 Å². The predicted octanol–water partition coefficient (Wildman–Crippen LogP) is 4.00. The number of nitrogens with one attached hydrogen (secondary N) is 1. The summed E-state index contributed by atoms with van der Waals surface area (Å²) in [5.74, 6) is -1.51. The fraction of sp³-hybridized carbons (Fsp3) is 0.250. The number of benzene rings is 1. The molecular weight excluding hydrogens is 461 g/mol. The summed E-state index contributed by atoms with van der Waals surface area (Å²) >= 11 is 7.43. The predicted molar refractivity (Wildman–Crippen MR) is 122 cm³/mol. The molecule has 2 heterocycles. The molecule has 1 aromatic carbocycles. The number of thioether (sulfide) groups is 1. The summed E-state index contributed by atoms with van der Waals surface area (Å²) in [6.45, 7) is 3.72. The third kappa shape index (κ3) is 5.75. The second kappa shape index (κ2) is 10.1. The van der Waals surface area contributed by atoms with Gasteiger partial charge in [-0.05, 0) is 37.6 Å². The molecule has 0 spiro atoms. The van der Waals surface area contributed by atoms with E-state index in [2.05, 4.69) is 10.3 Å². The quantitative estimate of drug-likeness (QED) is 0.365. The van der Waals surface area contributed by atoms with Crippen LogP contribution in [0.3, 0.4) is 0 Å². The van der Waals surface area contributed by atoms with Gasteiger partial charge in [0.25, 0.3) is 5.91 Å². The third-order valence-corrected chi connectivity index (χ3v) is 6.54. The first-order valence-electron chi connectivity index (χ1n) is 9.23. The van der Waals surface area contributed by atoms with Crippen LogP contribution in [0.1, 0.15) is 34.3 Å². The Labute approximate surface area is 191 Å². The molecule has 0 radical (unpaired) electrons. The highest BCUT2D eigenvalue weighted by Crippen LogP contribution is 2.32. The summed E-state index contributed by atoms with van der Waals surface area (Å²) in [5.41, 5.74) is 1.15. The molecule has 0 aliphatic carbocycles. The third-order valence-electron chi connectivity index (χ3n) is 4.11. The van der Waals surface area contributed by atoms with E-state index in [0.717, 1.165) is 23.1 Å². The lowest BCUT2D eigenvalue weighted by Gasteiger charge is -2.13. The van der Waals surface area contributed by atoms with Crippen LogP contribution in [-0.2, 0) is 14.3 Å². The molecule has 0 saturated carbocycles. The Morgan fingerprint density at radius 2 is 2.03 bits per heavy atom. The van der Waals surface area contributed by atoms with Crippen LogP contribution in [0, 0.1) is 12.7 Å². The highest BCUT2D eigenvalue weighted by Gasteiger charge is 2.32. The Morgan fingerprint density at radius 3 is 2.71 bits per heavy atom. The standard InChI is InChI=1S/C20H18FN3O4S3/c1-3-28-18(27)16-11(2)22-19(31-16)23-15(25)8-9-24-17(26)14(30-20(24)29)10-12-4-6-13(21)7-5-12/h4-7,10H,3,8-9H2,1-2H3,(H,22,23,25). The highest BCUT2D eigenvalue weighted by molar-refractivity contribution is 8.26. The lowest BCUT2D eigenvalue weighted by Crippen LogP contribution is -2.31. The molecule has 1 N–H and O–H groups in total. The number of hydrogen-bond donors (Lipinski definition) is 1. The molecule has 0 atom stereocenters. The lowest BCUT2D eigenvalue weighted by molar-refractivity contribution is -0.122. The van der Waals surface area contributed by atoms with Crippen molar-refractivity contribution in [2.24, 2.45) is 0 Å². The number of thiazole rings is 1. The van der Waals surface area contributed by atoms with E-state index in [1.807, 2.05) is 0 Å². The van der Waals surface area contributed by atoms with E-state index in [9.17, 15) is 18.8 Å². The number of aryl methyl sites for hydroxylation is 1. The molecule has 0 unspecified atom stereocenters. The van der Waals surface area contributed by atoms with E-state index in [1.54, 1.807) is 32.1 Å². The summed E-state index contributed by atoms with van der Waals surface area (Å²) in [6.07, 6.45) is 1.64. The maximum absolute atomic E-state index is 13.0. The Hall–Kier alpha value is -2.63. The number of carbonyl (C=O) groups is 3. The van der Waals surface area contributed by atoms with Crippen LogP contribution in [0.5, 0.6) is 0 Å². The van der Waals surface area contributed by atoms with Gasteiger partial charge in [0.15, 0.2) is 5.13 Å². The number of halogens is 1. The number of aromatic nitrogens is 1. The van der Waals surface area contributed by atoms with E-state index < -0.39 is 5.97 Å². The zero-order valence-electron chi connectivity index (χ0n) is 16.6. The first-order valence-corrected chi connectivity index (χ1v) is 11.3. The molecule has 1 saturated heterocycles. The van der Waals surface area contributed by atoms with E-state index in [1.165, 1.54) is 17.0 Å². The molecular formula is C20H18FN3O4S3. The van der Waals surface area contributed by atoms with Gasteiger partial charge >= 0.3 is 5.97 Å². The average molecular weight is 480 g/mol. The van der Waals surface area contributed by atoms with Crippen molar-refractivity contribution in [3.8, 4) is 0 Å². The summed E-state index contributed by atoms with van der Waals surface area (Å²) < 4.78 is 18.4. The summed E-state index contributed by atoms with van der Waals surface area (Å²) in [7, 11) is 0. The fourth-order valence-electron chi connectivity index (χ4n) is 2.63. The topological polar surface area (TPSA) is 88.6 Å². The maximum Gasteiger partial charge on any atom is 0.350 e. The van der Waals surface area contributed by atoms with E-state index >= 15 is 0 Å². The van der Waals surface area contributed by atoms with Gasteiger partial charge in [-0.3, -0.25) is 14.5 Å². The molecule has 1 aliphatic heterocycles. The van der Waals surface area contributed by atoms with Crippen molar-refractivity contribution in [1.29, 1.82) is 0 Å². The number of thiocarbonyl (C=S) groups is 1. The van der Waals surface area contributed by atoms with Gasteiger partial charge in [0.1, 0.15) is 15.0 Å². The van der Waals surface area contributed by atoms with Crippen molar-refractivity contribution in [3.63, 3.8) is 0 Å². The van der Waals surface area contributed by atoms with Gasteiger partial charge in [0.05, 0.1) is 17.2 Å². The van der Waals surface area contributed by atoms with E-state index in [0.29, 0.717) is 25.4 Å². The molecule has 3 rings (SSSR count). The van der Waals surface area contributed by atoms with Crippen molar-refractivity contribution in [2.45, 2.75) is 20.3 Å². The van der Waals surface area contributed by atoms with Crippen LogP contribution in [0.2, 0.25) is 0 Å². The number of ether oxygens (including phenoxy) is 1. The Morgan fingerprint density at radius 1 is 1.32 bits per heavy atom. The van der Waals surface area contributed by atoms with Crippen LogP contribution in [0.4, 0.5) is 9.52 Å². The van der Waals surface area contributed by atoms with E-state index in [-0.39, 0.29) is 42.3 Å². The highest BCUT2D eigenvalue weighted by atomic mass is 32.2. The SMILES string of the molecule is CCOC(=O)c1sc(NC(=O)CCN2C(=O)C(=Cc3ccc(F)cc3)SC2=S)nc1C. The monoisotopic (exact) mass is 479 g/mol. The molecule has 11 heteroatoms. The van der Waals surface area contributed by atoms with Crippen molar-refractivity contribution in [3.05, 3.63) is 51.1 Å². The minimum absolute atomic E-state index is 0.00361. The number of esters is 1. The summed E-state index contributed by atoms with van der Waals surface area (Å²) in [4.78, 5) is 43.1. The number of rotatable bonds is 7. The van der Waals surface area contributed by atoms with Crippen LogP contribution in [0.15, 0.2) is 29.2 Å². The molecule has 7 nitrogen and oxygen atoms in total. The van der Waals surface area contributed by atoms with Gasteiger partial charge in [-0.25, -0.2) is 14.2 Å². The Balaban J connectivity index is 1.58. The second-order valence-electron chi connectivity index (χ2n) is 6.34. The van der Waals surface area contributed by atoms with E-state index in [4.69, 9.17) is 17.0 Å². The molecule has 31 heavy (non-hydrogen) atoms. The molecule has 1 aliphatic rings. The number of amides is 2. The first-order chi connectivity index (χ1) is 14.8. The zero-order chi connectivity index (χ0) is 22.5. The molecule has 0 bridgehead atoms. The van der Waals surface area contributed by atoms with Crippen LogP contribution in [0.25, 0.3) is 6.08 Å². The van der Waals surface area contributed by atoms with Crippen molar-refractivity contribution >= 4 is 68.6 Å². The van der Waals surface area contributed by atoms with Gasteiger partial charge < -0.3 is 10.1 Å². The van der Waals surface area contributed by atoms with Gasteiger partial charge in [0, 0.05) is 13.0 Å². The molecule has 2 amide bonds. The van der Waals surface area contributed by atoms with Crippen LogP contribution >= 0.6 is 35.3 Å². The number of hydrogen-bond acceptors (Lipinski definition) is 8. The number of nitrogens with zero attached hydrogens (tertiary/aromatic N) is 2. The fourth-order valence-corrected chi connectivity index (χ4v) is 4.82. The van der Waals surface area contributed by atoms with Gasteiger partial charge in [-0.2, -0.15) is 0 Å². The van der Waals surface area contributed by atoms with Crippen LogP contribution in [-0.4, -0.2) is 45.1 Å². The molecule has 1 fully saturated rings. The molecule has 1 aromatic heterocycles. The Kier molecular flexibility index (Phi) is 7.52. The van der Waals surface area contributed by atoms with Gasteiger partial charge in [-0.15, -0.1) is 0 Å². The van der Waals surface area contributed by atoms with Crippen molar-refractivity contribution in [1.82, 2.24) is 9.88 Å². The minimum Gasteiger partial charge on any atom is -0.462 e. The maximum atomic E-state index is 13.0. The smallest absolute Gasteiger partial charge is 0.350 e. The van der Waals surface area contributed by atoms with Crippen molar-refractivity contribution < 1.29 is 23.5 Å². The summed E-state index contributed by atoms with van der Waals surface area (Å²) in [5, 5.41) is 2.92.